The number of aryl methyl sites for hydroxylation is 1. The molecule has 1 saturated heterocycles. The molecule has 2 aliphatic rings. The van der Waals surface area contributed by atoms with Crippen molar-refractivity contribution in [2.45, 2.75) is 38.8 Å². The van der Waals surface area contributed by atoms with Crippen LogP contribution in [-0.4, -0.2) is 41.2 Å². The number of ether oxygens (including phenoxy) is 1. The SMILES string of the molecule is COC(=O)N1CCc2cc(-c3cnc4[nH]cc(C)c4c3)cc([C@@H]3CCCN3)c2C1. The maximum absolute atomic E-state index is 12.1. The molecule has 2 aromatic heterocycles. The third-order valence-corrected chi connectivity index (χ3v) is 6.32. The molecule has 0 saturated carbocycles. The van der Waals surface area contributed by atoms with Gasteiger partial charge in [-0.3, -0.25) is 0 Å². The number of methoxy groups -OCH3 is 1. The van der Waals surface area contributed by atoms with E-state index in [2.05, 4.69) is 40.4 Å². The predicted molar refractivity (Wildman–Crippen MR) is 113 cm³/mol. The molecule has 150 valence electrons. The molecule has 2 aliphatic heterocycles. The van der Waals surface area contributed by atoms with Crippen molar-refractivity contribution in [3.8, 4) is 11.1 Å². The van der Waals surface area contributed by atoms with Crippen LogP contribution in [0.1, 0.15) is 41.1 Å². The molecule has 1 fully saturated rings. The Balaban J connectivity index is 1.61. The largest absolute Gasteiger partial charge is 0.453 e. The molecule has 3 aromatic rings. The minimum absolute atomic E-state index is 0.248. The summed E-state index contributed by atoms with van der Waals surface area (Å²) < 4.78 is 4.97. The molecule has 0 spiro atoms. The van der Waals surface area contributed by atoms with E-state index in [4.69, 9.17) is 4.74 Å². The van der Waals surface area contributed by atoms with Crippen molar-refractivity contribution in [2.24, 2.45) is 0 Å². The summed E-state index contributed by atoms with van der Waals surface area (Å²) in [6.07, 6.45) is 6.86. The van der Waals surface area contributed by atoms with Gasteiger partial charge in [0.25, 0.3) is 0 Å². The lowest BCUT2D eigenvalue weighted by Crippen LogP contribution is -2.36. The summed E-state index contributed by atoms with van der Waals surface area (Å²) in [4.78, 5) is 21.8. The van der Waals surface area contributed by atoms with Crippen molar-refractivity contribution < 1.29 is 9.53 Å². The number of aromatic amines is 1. The molecular formula is C23H26N4O2. The average Bonchev–Trinajstić information content (AvgIpc) is 3.42. The third-order valence-electron chi connectivity index (χ3n) is 6.32. The molecule has 2 N–H and O–H groups in total. The van der Waals surface area contributed by atoms with E-state index in [-0.39, 0.29) is 6.09 Å². The highest BCUT2D eigenvalue weighted by molar-refractivity contribution is 5.84. The molecule has 1 amide bonds. The first kappa shape index (κ1) is 18.2. The van der Waals surface area contributed by atoms with E-state index in [1.54, 1.807) is 4.90 Å². The number of rotatable bonds is 2. The maximum Gasteiger partial charge on any atom is 0.409 e. The number of H-pyrrole nitrogens is 1. The number of carbonyl (C=O) groups excluding carboxylic acids is 1. The van der Waals surface area contributed by atoms with Gasteiger partial charge in [-0.1, -0.05) is 6.07 Å². The van der Waals surface area contributed by atoms with E-state index in [1.807, 2.05) is 12.4 Å². The second kappa shape index (κ2) is 7.19. The fraction of sp³-hybridized carbons (Fsp3) is 0.391. The van der Waals surface area contributed by atoms with Crippen molar-refractivity contribution in [3.63, 3.8) is 0 Å². The lowest BCUT2D eigenvalue weighted by atomic mass is 9.87. The van der Waals surface area contributed by atoms with Crippen molar-refractivity contribution in [3.05, 3.63) is 52.8 Å². The van der Waals surface area contributed by atoms with Crippen LogP contribution in [0.15, 0.2) is 30.6 Å². The second-order valence-corrected chi connectivity index (χ2v) is 8.09. The Kier molecular flexibility index (Phi) is 4.51. The van der Waals surface area contributed by atoms with Gasteiger partial charge in [0.2, 0.25) is 0 Å². The molecule has 5 rings (SSSR count). The molecule has 1 atom stereocenters. The van der Waals surface area contributed by atoms with Crippen LogP contribution in [0.25, 0.3) is 22.2 Å². The Bertz CT molecular complexity index is 1080. The molecular weight excluding hydrogens is 364 g/mol. The van der Waals surface area contributed by atoms with Gasteiger partial charge in [0.15, 0.2) is 0 Å². The Hall–Kier alpha value is -2.86. The minimum atomic E-state index is -0.248. The van der Waals surface area contributed by atoms with Gasteiger partial charge in [-0.05, 0) is 72.7 Å². The molecule has 0 aliphatic carbocycles. The molecule has 6 heteroatoms. The van der Waals surface area contributed by atoms with Crippen molar-refractivity contribution >= 4 is 17.1 Å². The number of nitrogens with one attached hydrogen (secondary N) is 2. The molecule has 29 heavy (non-hydrogen) atoms. The fourth-order valence-electron chi connectivity index (χ4n) is 4.70. The van der Waals surface area contributed by atoms with Crippen LogP contribution < -0.4 is 5.32 Å². The zero-order chi connectivity index (χ0) is 20.0. The normalized spacial score (nSPS) is 18.8. The number of nitrogens with zero attached hydrogens (tertiary/aromatic N) is 2. The van der Waals surface area contributed by atoms with Crippen molar-refractivity contribution in [1.29, 1.82) is 0 Å². The van der Waals surface area contributed by atoms with Gasteiger partial charge in [0, 0.05) is 42.5 Å². The highest BCUT2D eigenvalue weighted by atomic mass is 16.5. The molecule has 0 bridgehead atoms. The summed E-state index contributed by atoms with van der Waals surface area (Å²) >= 11 is 0. The summed E-state index contributed by atoms with van der Waals surface area (Å²) in [5, 5.41) is 4.80. The number of hydrogen-bond donors (Lipinski definition) is 2. The number of benzene rings is 1. The van der Waals surface area contributed by atoms with E-state index in [0.29, 0.717) is 19.1 Å². The first-order valence-electron chi connectivity index (χ1n) is 10.3. The summed E-state index contributed by atoms with van der Waals surface area (Å²) in [5.74, 6) is 0. The van der Waals surface area contributed by atoms with Gasteiger partial charge in [0.05, 0.1) is 7.11 Å². The molecule has 1 aromatic carbocycles. The number of fused-ring (bicyclic) bond motifs is 2. The van der Waals surface area contributed by atoms with Crippen LogP contribution in [0.3, 0.4) is 0 Å². The van der Waals surface area contributed by atoms with E-state index >= 15 is 0 Å². The van der Waals surface area contributed by atoms with Gasteiger partial charge in [-0.25, -0.2) is 9.78 Å². The average molecular weight is 390 g/mol. The maximum atomic E-state index is 12.1. The fourth-order valence-corrected chi connectivity index (χ4v) is 4.70. The minimum Gasteiger partial charge on any atom is -0.453 e. The van der Waals surface area contributed by atoms with Crippen molar-refractivity contribution in [2.75, 3.05) is 20.2 Å². The molecule has 0 radical (unpaired) electrons. The van der Waals surface area contributed by atoms with Crippen LogP contribution in [0.5, 0.6) is 0 Å². The van der Waals surface area contributed by atoms with Crippen LogP contribution in [0.4, 0.5) is 4.79 Å². The second-order valence-electron chi connectivity index (χ2n) is 8.09. The first-order chi connectivity index (χ1) is 14.1. The topological polar surface area (TPSA) is 70.2 Å². The number of pyridine rings is 1. The number of aromatic nitrogens is 2. The first-order valence-corrected chi connectivity index (χ1v) is 10.3. The van der Waals surface area contributed by atoms with Crippen molar-refractivity contribution in [1.82, 2.24) is 20.2 Å². The van der Waals surface area contributed by atoms with E-state index in [1.165, 1.54) is 41.3 Å². The van der Waals surface area contributed by atoms with Gasteiger partial charge in [-0.15, -0.1) is 0 Å². The zero-order valence-electron chi connectivity index (χ0n) is 16.9. The van der Waals surface area contributed by atoms with E-state index < -0.39 is 0 Å². The highest BCUT2D eigenvalue weighted by Gasteiger charge is 2.28. The summed E-state index contributed by atoms with van der Waals surface area (Å²) in [7, 11) is 1.45. The zero-order valence-corrected chi connectivity index (χ0v) is 16.9. The quantitative estimate of drug-likeness (QED) is 0.692. The Morgan fingerprint density at radius 1 is 1.28 bits per heavy atom. The van der Waals surface area contributed by atoms with Gasteiger partial charge in [0.1, 0.15) is 5.65 Å². The summed E-state index contributed by atoms with van der Waals surface area (Å²) in [6, 6.07) is 7.15. The Labute approximate surface area is 170 Å². The number of hydrogen-bond acceptors (Lipinski definition) is 4. The Morgan fingerprint density at radius 3 is 2.97 bits per heavy atom. The lowest BCUT2D eigenvalue weighted by molar-refractivity contribution is 0.118. The summed E-state index contributed by atoms with van der Waals surface area (Å²) in [5.41, 5.74) is 8.39. The highest BCUT2D eigenvalue weighted by Crippen LogP contribution is 2.36. The van der Waals surface area contributed by atoms with Crippen LogP contribution >= 0.6 is 0 Å². The Morgan fingerprint density at radius 2 is 2.17 bits per heavy atom. The van der Waals surface area contributed by atoms with E-state index in [0.717, 1.165) is 36.0 Å². The predicted octanol–water partition coefficient (Wildman–Crippen LogP) is 4.09. The third kappa shape index (κ3) is 3.17. The molecule has 0 unspecified atom stereocenters. The molecule has 4 heterocycles. The van der Waals surface area contributed by atoms with Crippen LogP contribution in [0.2, 0.25) is 0 Å². The molecule has 6 nitrogen and oxygen atoms in total. The van der Waals surface area contributed by atoms with Gasteiger partial charge >= 0.3 is 6.09 Å². The number of carbonyl (C=O) groups is 1. The summed E-state index contributed by atoms with van der Waals surface area (Å²) in [6.45, 7) is 4.45. The standard InChI is InChI=1S/C23H26N4O2/c1-14-11-25-22-18(14)10-17(12-26-22)16-8-15-5-7-27(23(28)29-2)13-20(15)19(9-16)21-4-3-6-24-21/h8-12,21,24H,3-7,13H2,1-2H3,(H,25,26)/t21-/m0/s1. The monoisotopic (exact) mass is 390 g/mol. The lowest BCUT2D eigenvalue weighted by Gasteiger charge is -2.31. The van der Waals surface area contributed by atoms with Gasteiger partial charge < -0.3 is 19.9 Å². The van der Waals surface area contributed by atoms with E-state index in [9.17, 15) is 4.79 Å². The van der Waals surface area contributed by atoms with Crippen LogP contribution in [-0.2, 0) is 17.7 Å². The van der Waals surface area contributed by atoms with Crippen LogP contribution in [0, 0.1) is 6.92 Å². The number of amides is 1. The van der Waals surface area contributed by atoms with Gasteiger partial charge in [-0.2, -0.15) is 0 Å². The smallest absolute Gasteiger partial charge is 0.409 e.